The summed E-state index contributed by atoms with van der Waals surface area (Å²) in [5.74, 6) is 0.672. The number of thiazole rings is 1. The number of hydrogen-bond acceptors (Lipinski definition) is 3. The highest BCUT2D eigenvalue weighted by Crippen LogP contribution is 2.21. The molecule has 0 atom stereocenters. The fourth-order valence-corrected chi connectivity index (χ4v) is 2.89. The molecule has 1 aliphatic rings. The number of aromatic nitrogens is 1. The molecule has 16 heavy (non-hydrogen) atoms. The molecule has 1 aromatic heterocycles. The van der Waals surface area contributed by atoms with Gasteiger partial charge in [0.1, 0.15) is 0 Å². The average molecular weight is 237 g/mol. The third-order valence-electron chi connectivity index (χ3n) is 3.08. The third-order valence-corrected chi connectivity index (χ3v) is 4.11. The van der Waals surface area contributed by atoms with Crippen LogP contribution in [-0.4, -0.2) is 17.9 Å². The Hall–Kier alpha value is -0.900. The highest BCUT2D eigenvalue weighted by atomic mass is 32.1. The Bertz CT molecular complexity index is 422. The molecule has 0 bridgehead atoms. The molecule has 1 heterocycles. The maximum absolute atomic E-state index is 4.57. The molecule has 4 heteroatoms. The number of nitrogens with zero attached hydrogens (tertiary/aromatic N) is 3. The number of hydrogen-bond donors (Lipinski definition) is 0. The van der Waals surface area contributed by atoms with Crippen LogP contribution >= 0.6 is 11.3 Å². The standard InChI is InChI=1S/C12H19N3S/c1-10-9-16-12(13-2)15(10)14-8-11-6-4-3-5-7-11/h8-9,11H,3-7H2,1-2H3. The van der Waals surface area contributed by atoms with Crippen molar-refractivity contribution in [1.29, 1.82) is 0 Å². The fourth-order valence-electron chi connectivity index (χ4n) is 2.12. The minimum atomic E-state index is 0.672. The lowest BCUT2D eigenvalue weighted by Crippen LogP contribution is -2.14. The minimum absolute atomic E-state index is 0.672. The van der Waals surface area contributed by atoms with E-state index in [1.807, 2.05) is 11.7 Å². The summed E-state index contributed by atoms with van der Waals surface area (Å²) >= 11 is 1.65. The second kappa shape index (κ2) is 5.43. The van der Waals surface area contributed by atoms with E-state index in [0.29, 0.717) is 5.92 Å². The molecule has 0 amide bonds. The molecule has 0 aromatic carbocycles. The van der Waals surface area contributed by atoms with Crippen molar-refractivity contribution in [1.82, 2.24) is 4.68 Å². The van der Waals surface area contributed by atoms with E-state index in [9.17, 15) is 0 Å². The van der Waals surface area contributed by atoms with Gasteiger partial charge in [0.2, 0.25) is 4.80 Å². The molecule has 1 aliphatic carbocycles. The van der Waals surface area contributed by atoms with Crippen LogP contribution in [0, 0.1) is 12.8 Å². The van der Waals surface area contributed by atoms with E-state index in [0.717, 1.165) is 10.5 Å². The first-order valence-corrected chi connectivity index (χ1v) is 6.83. The SMILES string of the molecule is CN=c1scc(C)n1N=CC1CCCCC1. The van der Waals surface area contributed by atoms with E-state index in [-0.39, 0.29) is 0 Å². The lowest BCUT2D eigenvalue weighted by Gasteiger charge is -2.16. The van der Waals surface area contributed by atoms with Crippen molar-refractivity contribution in [2.24, 2.45) is 16.0 Å². The van der Waals surface area contributed by atoms with E-state index in [2.05, 4.69) is 28.6 Å². The van der Waals surface area contributed by atoms with Crippen LogP contribution in [-0.2, 0) is 0 Å². The molecule has 1 fully saturated rings. The Morgan fingerprint density at radius 2 is 2.12 bits per heavy atom. The first kappa shape index (κ1) is 11.6. The highest BCUT2D eigenvalue weighted by molar-refractivity contribution is 7.07. The lowest BCUT2D eigenvalue weighted by atomic mass is 9.90. The quantitative estimate of drug-likeness (QED) is 0.708. The molecule has 0 N–H and O–H groups in total. The molecule has 0 unspecified atom stereocenters. The zero-order valence-electron chi connectivity index (χ0n) is 10.0. The van der Waals surface area contributed by atoms with E-state index in [4.69, 9.17) is 0 Å². The highest BCUT2D eigenvalue weighted by Gasteiger charge is 2.10. The molecule has 2 rings (SSSR count). The first-order valence-electron chi connectivity index (χ1n) is 5.95. The maximum Gasteiger partial charge on any atom is 0.205 e. The van der Waals surface area contributed by atoms with Crippen molar-refractivity contribution < 1.29 is 0 Å². The monoisotopic (exact) mass is 237 g/mol. The third kappa shape index (κ3) is 2.61. The topological polar surface area (TPSA) is 29.6 Å². The summed E-state index contributed by atoms with van der Waals surface area (Å²) in [4.78, 5) is 5.20. The van der Waals surface area contributed by atoms with Gasteiger partial charge in [0.15, 0.2) is 0 Å². The zero-order valence-corrected chi connectivity index (χ0v) is 10.8. The summed E-state index contributed by atoms with van der Waals surface area (Å²) in [6.45, 7) is 2.07. The van der Waals surface area contributed by atoms with Gasteiger partial charge < -0.3 is 0 Å². The molecule has 0 aliphatic heterocycles. The van der Waals surface area contributed by atoms with Gasteiger partial charge in [-0.3, -0.25) is 4.99 Å². The summed E-state index contributed by atoms with van der Waals surface area (Å²) in [5.41, 5.74) is 1.16. The molecule has 1 saturated carbocycles. The Morgan fingerprint density at radius 3 is 2.81 bits per heavy atom. The van der Waals surface area contributed by atoms with Gasteiger partial charge in [-0.1, -0.05) is 19.3 Å². The predicted octanol–water partition coefficient (Wildman–Crippen LogP) is 2.80. The van der Waals surface area contributed by atoms with Gasteiger partial charge in [0.25, 0.3) is 0 Å². The van der Waals surface area contributed by atoms with Gasteiger partial charge >= 0.3 is 0 Å². The molecule has 0 saturated heterocycles. The molecule has 1 aromatic rings. The van der Waals surface area contributed by atoms with Crippen LogP contribution < -0.4 is 4.80 Å². The summed E-state index contributed by atoms with van der Waals surface area (Å²) < 4.78 is 1.94. The largest absolute Gasteiger partial charge is 0.261 e. The predicted molar refractivity (Wildman–Crippen MR) is 69.0 cm³/mol. The van der Waals surface area contributed by atoms with Crippen LogP contribution in [0.15, 0.2) is 15.5 Å². The van der Waals surface area contributed by atoms with E-state index >= 15 is 0 Å². The molecular formula is C12H19N3S. The molecule has 0 spiro atoms. The van der Waals surface area contributed by atoms with Gasteiger partial charge in [0, 0.05) is 18.6 Å². The lowest BCUT2D eigenvalue weighted by molar-refractivity contribution is 0.443. The van der Waals surface area contributed by atoms with Gasteiger partial charge in [-0.15, -0.1) is 11.3 Å². The summed E-state index contributed by atoms with van der Waals surface area (Å²) in [5, 5.41) is 6.67. The Morgan fingerprint density at radius 1 is 1.38 bits per heavy atom. The van der Waals surface area contributed by atoms with Crippen LogP contribution in [0.1, 0.15) is 37.8 Å². The zero-order chi connectivity index (χ0) is 11.4. The van der Waals surface area contributed by atoms with Gasteiger partial charge in [0.05, 0.1) is 5.69 Å². The van der Waals surface area contributed by atoms with Gasteiger partial charge in [-0.25, -0.2) is 4.68 Å². The molecule has 3 nitrogen and oxygen atoms in total. The Balaban J connectivity index is 2.13. The van der Waals surface area contributed by atoms with Gasteiger partial charge in [-0.05, 0) is 25.7 Å². The van der Waals surface area contributed by atoms with Crippen molar-refractivity contribution in [3.05, 3.63) is 15.9 Å². The number of aryl methyl sites for hydroxylation is 1. The minimum Gasteiger partial charge on any atom is -0.261 e. The van der Waals surface area contributed by atoms with Crippen molar-refractivity contribution in [3.8, 4) is 0 Å². The fraction of sp³-hybridized carbons (Fsp3) is 0.667. The van der Waals surface area contributed by atoms with E-state index in [1.54, 1.807) is 11.3 Å². The normalized spacial score (nSPS) is 19.8. The molecule has 88 valence electrons. The molecule has 0 radical (unpaired) electrons. The molecular weight excluding hydrogens is 218 g/mol. The summed E-state index contributed by atoms with van der Waals surface area (Å²) in [6, 6.07) is 0. The van der Waals surface area contributed by atoms with E-state index < -0.39 is 0 Å². The van der Waals surface area contributed by atoms with Crippen LogP contribution in [0.3, 0.4) is 0 Å². The van der Waals surface area contributed by atoms with Gasteiger partial charge in [-0.2, -0.15) is 5.10 Å². The summed E-state index contributed by atoms with van der Waals surface area (Å²) in [7, 11) is 1.82. The van der Waals surface area contributed by atoms with Crippen molar-refractivity contribution in [2.45, 2.75) is 39.0 Å². The van der Waals surface area contributed by atoms with Crippen LogP contribution in [0.4, 0.5) is 0 Å². The average Bonchev–Trinajstić information content (AvgIpc) is 2.69. The van der Waals surface area contributed by atoms with Crippen molar-refractivity contribution >= 4 is 17.6 Å². The van der Waals surface area contributed by atoms with E-state index in [1.165, 1.54) is 32.1 Å². The van der Waals surface area contributed by atoms with Crippen LogP contribution in [0.5, 0.6) is 0 Å². The van der Waals surface area contributed by atoms with Crippen molar-refractivity contribution in [2.75, 3.05) is 7.05 Å². The van der Waals surface area contributed by atoms with Crippen LogP contribution in [0.25, 0.3) is 0 Å². The first-order chi connectivity index (χ1) is 7.81. The smallest absolute Gasteiger partial charge is 0.205 e. The second-order valence-corrected chi connectivity index (χ2v) is 5.19. The number of rotatable bonds is 2. The summed E-state index contributed by atoms with van der Waals surface area (Å²) in [6.07, 6.45) is 8.82. The Labute approximate surface area is 101 Å². The second-order valence-electron chi connectivity index (χ2n) is 4.36. The van der Waals surface area contributed by atoms with Crippen LogP contribution in [0.2, 0.25) is 0 Å². The van der Waals surface area contributed by atoms with Crippen molar-refractivity contribution in [3.63, 3.8) is 0 Å². The Kier molecular flexibility index (Phi) is 3.93. The maximum atomic E-state index is 4.57.